The summed E-state index contributed by atoms with van der Waals surface area (Å²) in [5.41, 5.74) is 0. The summed E-state index contributed by atoms with van der Waals surface area (Å²) in [5.74, 6) is -0.156. The van der Waals surface area contributed by atoms with Crippen molar-refractivity contribution in [3.8, 4) is 0 Å². The van der Waals surface area contributed by atoms with Crippen LogP contribution in [0.5, 0.6) is 0 Å². The molecule has 12 heavy (non-hydrogen) atoms. The van der Waals surface area contributed by atoms with Crippen LogP contribution in [0.3, 0.4) is 0 Å². The molecule has 0 atom stereocenters. The van der Waals surface area contributed by atoms with Gasteiger partial charge >= 0.3 is 6.18 Å². The molecule has 2 rings (SSSR count). The zero-order valence-electron chi connectivity index (χ0n) is 6.49. The van der Waals surface area contributed by atoms with Gasteiger partial charge in [-0.15, -0.1) is 0 Å². The fourth-order valence-electron chi connectivity index (χ4n) is 1.80. The number of rotatable bonds is 2. The maximum Gasteiger partial charge on any atom is 0.403 e. The topological polar surface area (TPSA) is 0 Å². The van der Waals surface area contributed by atoms with Crippen LogP contribution >= 0.6 is 22.6 Å². The van der Waals surface area contributed by atoms with Crippen LogP contribution in [-0.2, 0) is 0 Å². The summed E-state index contributed by atoms with van der Waals surface area (Å²) in [6, 6.07) is 0. The van der Waals surface area contributed by atoms with E-state index in [4.69, 9.17) is 0 Å². The molecule has 0 amide bonds. The van der Waals surface area contributed by atoms with Gasteiger partial charge in [0.05, 0.1) is 0 Å². The molecule has 0 aromatic rings. The second-order valence-corrected chi connectivity index (χ2v) is 5.60. The van der Waals surface area contributed by atoms with Gasteiger partial charge in [-0.3, -0.25) is 0 Å². The molecule has 70 valence electrons. The molecule has 0 bridgehead atoms. The predicted octanol–water partition coefficient (Wildman–Crippen LogP) is 3.54. The highest BCUT2D eigenvalue weighted by Crippen LogP contribution is 2.63. The summed E-state index contributed by atoms with van der Waals surface area (Å²) >= 11 is 1.66. The minimum Gasteiger partial charge on any atom is -0.170 e. The second-order valence-electron chi connectivity index (χ2n) is 3.81. The highest BCUT2D eigenvalue weighted by atomic mass is 127. The second kappa shape index (κ2) is 2.51. The number of halogens is 4. The van der Waals surface area contributed by atoms with Crippen LogP contribution in [0.25, 0.3) is 0 Å². The summed E-state index contributed by atoms with van der Waals surface area (Å²) < 4.78 is 36.7. The van der Waals surface area contributed by atoms with E-state index in [1.54, 1.807) is 22.6 Å². The van der Waals surface area contributed by atoms with E-state index in [-0.39, 0.29) is 11.8 Å². The minimum absolute atomic E-state index is 0.0781. The first-order valence-electron chi connectivity index (χ1n) is 4.22. The van der Waals surface area contributed by atoms with Crippen LogP contribution < -0.4 is 0 Å². The van der Waals surface area contributed by atoms with E-state index in [1.807, 2.05) is 0 Å². The van der Waals surface area contributed by atoms with Crippen molar-refractivity contribution in [1.82, 2.24) is 0 Å². The molecule has 0 heterocycles. The molecule has 0 spiro atoms. The first-order valence-corrected chi connectivity index (χ1v) is 5.30. The van der Waals surface area contributed by atoms with Crippen molar-refractivity contribution in [1.29, 1.82) is 0 Å². The Labute approximate surface area is 83.0 Å². The Hall–Kier alpha value is 0.520. The minimum atomic E-state index is -3.99. The number of alkyl halides is 4. The van der Waals surface area contributed by atoms with Crippen molar-refractivity contribution >= 4 is 22.6 Å². The van der Waals surface area contributed by atoms with E-state index in [1.165, 1.54) is 0 Å². The third-order valence-electron chi connectivity index (χ3n) is 2.78. The molecular weight excluding hydrogens is 280 g/mol. The van der Waals surface area contributed by atoms with Crippen molar-refractivity contribution in [2.24, 2.45) is 11.8 Å². The van der Waals surface area contributed by atoms with Gasteiger partial charge in [-0.2, -0.15) is 13.2 Å². The van der Waals surface area contributed by atoms with Gasteiger partial charge < -0.3 is 0 Å². The summed E-state index contributed by atoms with van der Waals surface area (Å²) in [6.45, 7) is 0. The largest absolute Gasteiger partial charge is 0.403 e. The quantitative estimate of drug-likeness (QED) is 0.539. The zero-order valence-corrected chi connectivity index (χ0v) is 8.65. The molecule has 0 unspecified atom stereocenters. The van der Waals surface area contributed by atoms with E-state index in [2.05, 4.69) is 0 Å². The third-order valence-corrected chi connectivity index (χ3v) is 5.15. The van der Waals surface area contributed by atoms with Gasteiger partial charge in [0, 0.05) is 0 Å². The zero-order chi connectivity index (χ0) is 8.98. The lowest BCUT2D eigenvalue weighted by molar-refractivity contribution is -0.163. The Balaban J connectivity index is 2.20. The van der Waals surface area contributed by atoms with Crippen LogP contribution in [0.2, 0.25) is 0 Å². The van der Waals surface area contributed by atoms with Crippen LogP contribution in [0.4, 0.5) is 13.2 Å². The van der Waals surface area contributed by atoms with Crippen LogP contribution in [0.15, 0.2) is 0 Å². The summed E-state index contributed by atoms with van der Waals surface area (Å²) in [4.78, 5) is 0. The maximum atomic E-state index is 12.7. The van der Waals surface area contributed by atoms with E-state index in [9.17, 15) is 13.2 Å². The Bertz CT molecular complexity index is 179. The van der Waals surface area contributed by atoms with Crippen molar-refractivity contribution in [3.05, 3.63) is 0 Å². The van der Waals surface area contributed by atoms with Crippen LogP contribution in [0.1, 0.15) is 25.7 Å². The summed E-state index contributed by atoms with van der Waals surface area (Å²) in [5, 5.41) is 0. The molecule has 0 nitrogen and oxygen atoms in total. The van der Waals surface area contributed by atoms with Crippen LogP contribution in [-0.4, -0.2) is 9.60 Å². The number of hydrogen-bond donors (Lipinski definition) is 0. The Kier molecular flexibility index (Phi) is 1.90. The van der Waals surface area contributed by atoms with E-state index in [0.717, 1.165) is 25.7 Å². The molecule has 4 heteroatoms. The number of hydrogen-bond acceptors (Lipinski definition) is 0. The fourth-order valence-corrected chi connectivity index (χ4v) is 3.05. The van der Waals surface area contributed by atoms with Gasteiger partial charge in [0.2, 0.25) is 0 Å². The highest BCUT2D eigenvalue weighted by Gasteiger charge is 2.66. The van der Waals surface area contributed by atoms with Crippen molar-refractivity contribution in [2.75, 3.05) is 0 Å². The molecule has 0 aromatic carbocycles. The van der Waals surface area contributed by atoms with Crippen molar-refractivity contribution in [3.63, 3.8) is 0 Å². The first kappa shape index (κ1) is 9.09. The van der Waals surface area contributed by atoms with Crippen molar-refractivity contribution < 1.29 is 13.2 Å². The van der Waals surface area contributed by atoms with Gasteiger partial charge in [0.1, 0.15) is 3.42 Å². The molecule has 0 saturated heterocycles. The van der Waals surface area contributed by atoms with Gasteiger partial charge in [-0.25, -0.2) is 0 Å². The molecule has 2 aliphatic rings. The van der Waals surface area contributed by atoms with E-state index in [0.29, 0.717) is 0 Å². The lowest BCUT2D eigenvalue weighted by atomic mass is 9.97. The monoisotopic (exact) mass is 290 g/mol. The molecule has 2 fully saturated rings. The maximum absolute atomic E-state index is 12.7. The average Bonchev–Trinajstić information content (AvgIpc) is 2.79. The third kappa shape index (κ3) is 1.26. The smallest absolute Gasteiger partial charge is 0.170 e. The summed E-state index contributed by atoms with van der Waals surface area (Å²) in [7, 11) is 0. The predicted molar refractivity (Wildman–Crippen MR) is 48.3 cm³/mol. The van der Waals surface area contributed by atoms with E-state index >= 15 is 0 Å². The van der Waals surface area contributed by atoms with E-state index < -0.39 is 9.60 Å². The Morgan fingerprint density at radius 2 is 1.25 bits per heavy atom. The lowest BCUT2D eigenvalue weighted by Crippen LogP contribution is -2.43. The molecule has 2 aliphatic carbocycles. The lowest BCUT2D eigenvalue weighted by Gasteiger charge is -2.30. The molecule has 2 saturated carbocycles. The molecule has 0 aliphatic heterocycles. The Morgan fingerprint density at radius 3 is 1.42 bits per heavy atom. The Morgan fingerprint density at radius 1 is 0.917 bits per heavy atom. The molecular formula is C8H10F3I. The molecule has 0 N–H and O–H groups in total. The fraction of sp³-hybridized carbons (Fsp3) is 1.00. The SMILES string of the molecule is FC(F)(F)C(I)(C1CC1)C1CC1. The van der Waals surface area contributed by atoms with Crippen LogP contribution in [0, 0.1) is 11.8 Å². The normalized spacial score (nSPS) is 26.0. The molecule has 0 radical (unpaired) electrons. The molecule has 0 aromatic heterocycles. The average molecular weight is 290 g/mol. The standard InChI is InChI=1S/C8H10F3I/c9-8(10,11)7(12,5-1-2-5)6-3-4-6/h5-6H,1-4H2. The van der Waals surface area contributed by atoms with Gasteiger partial charge in [-0.05, 0) is 37.5 Å². The van der Waals surface area contributed by atoms with Crippen molar-refractivity contribution in [2.45, 2.75) is 35.3 Å². The van der Waals surface area contributed by atoms with Gasteiger partial charge in [0.15, 0.2) is 0 Å². The van der Waals surface area contributed by atoms with Gasteiger partial charge in [0.25, 0.3) is 0 Å². The highest BCUT2D eigenvalue weighted by molar-refractivity contribution is 14.1. The van der Waals surface area contributed by atoms with Gasteiger partial charge in [-0.1, -0.05) is 22.6 Å². The summed E-state index contributed by atoms with van der Waals surface area (Å²) in [6.07, 6.45) is -0.883. The first-order chi connectivity index (χ1) is 5.46.